The number of nitrogens with one attached hydrogen (secondary N) is 1. The van der Waals surface area contributed by atoms with Crippen LogP contribution in [0, 0.1) is 17.0 Å². The summed E-state index contributed by atoms with van der Waals surface area (Å²) in [5, 5.41) is 18.9. The van der Waals surface area contributed by atoms with E-state index in [0.29, 0.717) is 12.2 Å². The van der Waals surface area contributed by atoms with E-state index in [1.807, 2.05) is 0 Å². The van der Waals surface area contributed by atoms with Gasteiger partial charge in [0.05, 0.1) is 0 Å². The summed E-state index contributed by atoms with van der Waals surface area (Å²) in [6, 6.07) is 0. The number of H-pyrrole nitrogens is 1. The third-order valence-corrected chi connectivity index (χ3v) is 3.18. The highest BCUT2D eigenvalue weighted by molar-refractivity contribution is 8.00. The largest absolute Gasteiger partial charge is 0.480 e. The minimum Gasteiger partial charge on any atom is -0.480 e. The topological polar surface area (TPSA) is 109 Å². The Balaban J connectivity index is 2.95. The molecule has 2 N–H and O–H groups in total. The van der Waals surface area contributed by atoms with Crippen LogP contribution in [0.5, 0.6) is 0 Å². The van der Waals surface area contributed by atoms with Gasteiger partial charge in [-0.3, -0.25) is 4.79 Å². The highest BCUT2D eigenvalue weighted by atomic mass is 32.2. The predicted octanol–water partition coefficient (Wildman–Crippen LogP) is 1.58. The fraction of sp³-hybridized carbons (Fsp3) is 0.500. The van der Waals surface area contributed by atoms with Crippen molar-refractivity contribution in [2.45, 2.75) is 30.5 Å². The van der Waals surface area contributed by atoms with Gasteiger partial charge in [0.25, 0.3) is 0 Å². The van der Waals surface area contributed by atoms with Gasteiger partial charge in [0, 0.05) is 6.92 Å². The second kappa shape index (κ2) is 4.97. The van der Waals surface area contributed by atoms with Crippen molar-refractivity contribution < 1.29 is 14.8 Å². The van der Waals surface area contributed by atoms with Crippen molar-refractivity contribution in [3.05, 3.63) is 15.9 Å². The summed E-state index contributed by atoms with van der Waals surface area (Å²) in [6.45, 7) is 3.29. The van der Waals surface area contributed by atoms with Gasteiger partial charge in [-0.25, -0.2) is 4.98 Å². The molecule has 88 valence electrons. The van der Waals surface area contributed by atoms with Crippen molar-refractivity contribution in [2.75, 3.05) is 0 Å². The zero-order valence-electron chi connectivity index (χ0n) is 8.76. The number of imidazole rings is 1. The Morgan fingerprint density at radius 2 is 2.38 bits per heavy atom. The number of nitrogens with zero attached hydrogens (tertiary/aromatic N) is 2. The van der Waals surface area contributed by atoms with E-state index in [2.05, 4.69) is 9.97 Å². The number of aliphatic carboxylic acids is 1. The number of rotatable bonds is 5. The molecule has 0 saturated carbocycles. The van der Waals surface area contributed by atoms with Crippen molar-refractivity contribution in [3.8, 4) is 0 Å². The molecule has 1 rings (SSSR count). The molecule has 0 saturated heterocycles. The Bertz CT molecular complexity index is 417. The Hall–Kier alpha value is -1.57. The minimum atomic E-state index is -0.998. The maximum Gasteiger partial charge on any atom is 0.354 e. The SMILES string of the molecule is CCC(Sc1nc(C)[nH]c1[N+](=O)[O-])C(=O)O. The summed E-state index contributed by atoms with van der Waals surface area (Å²) in [5.74, 6) is -0.848. The van der Waals surface area contributed by atoms with Crippen LogP contribution in [0.1, 0.15) is 19.2 Å². The average molecular weight is 245 g/mol. The average Bonchev–Trinajstić information content (AvgIpc) is 2.55. The second-order valence-electron chi connectivity index (χ2n) is 3.09. The van der Waals surface area contributed by atoms with Crippen molar-refractivity contribution in [2.24, 2.45) is 0 Å². The number of aryl methyl sites for hydroxylation is 1. The molecule has 0 radical (unpaired) electrons. The molecule has 1 unspecified atom stereocenters. The van der Waals surface area contributed by atoms with Gasteiger partial charge in [0.1, 0.15) is 5.25 Å². The van der Waals surface area contributed by atoms with Crippen LogP contribution in [-0.4, -0.2) is 31.2 Å². The van der Waals surface area contributed by atoms with Gasteiger partial charge in [-0.05, 0) is 11.3 Å². The van der Waals surface area contributed by atoms with Crippen molar-refractivity contribution in [1.29, 1.82) is 0 Å². The first-order valence-corrected chi connectivity index (χ1v) is 5.44. The number of carbonyl (C=O) groups is 1. The molecule has 1 heterocycles. The van der Waals surface area contributed by atoms with E-state index in [4.69, 9.17) is 5.11 Å². The van der Waals surface area contributed by atoms with E-state index in [0.717, 1.165) is 11.8 Å². The van der Waals surface area contributed by atoms with Gasteiger partial charge in [-0.1, -0.05) is 18.7 Å². The van der Waals surface area contributed by atoms with Crippen molar-refractivity contribution in [1.82, 2.24) is 9.97 Å². The Morgan fingerprint density at radius 1 is 1.75 bits per heavy atom. The van der Waals surface area contributed by atoms with E-state index in [1.54, 1.807) is 13.8 Å². The van der Waals surface area contributed by atoms with E-state index in [-0.39, 0.29) is 10.8 Å². The molecule has 0 aromatic carbocycles. The number of thioether (sulfide) groups is 1. The normalized spacial score (nSPS) is 12.4. The number of hydrogen-bond donors (Lipinski definition) is 2. The fourth-order valence-electron chi connectivity index (χ4n) is 1.11. The fourth-order valence-corrected chi connectivity index (χ4v) is 2.07. The Morgan fingerprint density at radius 3 is 2.81 bits per heavy atom. The van der Waals surface area contributed by atoms with Crippen LogP contribution in [0.2, 0.25) is 0 Å². The molecule has 1 atom stereocenters. The molecule has 0 aliphatic rings. The summed E-state index contributed by atoms with van der Waals surface area (Å²) < 4.78 is 0. The molecule has 8 heteroatoms. The van der Waals surface area contributed by atoms with Gasteiger partial charge in [-0.15, -0.1) is 0 Å². The lowest BCUT2D eigenvalue weighted by molar-refractivity contribution is -0.392. The zero-order chi connectivity index (χ0) is 12.3. The van der Waals surface area contributed by atoms with Gasteiger partial charge in [0.2, 0.25) is 0 Å². The first-order valence-electron chi connectivity index (χ1n) is 4.56. The molecule has 0 spiro atoms. The van der Waals surface area contributed by atoms with Crippen LogP contribution < -0.4 is 0 Å². The van der Waals surface area contributed by atoms with Crippen LogP contribution in [0.25, 0.3) is 0 Å². The molecular weight excluding hydrogens is 234 g/mol. The lowest BCUT2D eigenvalue weighted by atomic mass is 10.3. The maximum absolute atomic E-state index is 10.8. The summed E-state index contributed by atoms with van der Waals surface area (Å²) in [6.07, 6.45) is 0.378. The van der Waals surface area contributed by atoms with E-state index in [1.165, 1.54) is 0 Å². The summed E-state index contributed by atoms with van der Waals surface area (Å²) in [7, 11) is 0. The lowest BCUT2D eigenvalue weighted by Gasteiger charge is -2.06. The lowest BCUT2D eigenvalue weighted by Crippen LogP contribution is -2.15. The quantitative estimate of drug-likeness (QED) is 0.463. The van der Waals surface area contributed by atoms with Gasteiger partial charge < -0.3 is 15.2 Å². The Kier molecular flexibility index (Phi) is 3.88. The molecule has 0 amide bonds. The van der Waals surface area contributed by atoms with Crippen LogP contribution in [0.15, 0.2) is 5.03 Å². The molecule has 0 aliphatic heterocycles. The summed E-state index contributed by atoms with van der Waals surface area (Å²) >= 11 is 0.889. The third kappa shape index (κ3) is 2.72. The van der Waals surface area contributed by atoms with Gasteiger partial charge in [0.15, 0.2) is 10.9 Å². The number of carboxylic acids is 1. The third-order valence-electron chi connectivity index (χ3n) is 1.85. The van der Waals surface area contributed by atoms with Crippen molar-refractivity contribution in [3.63, 3.8) is 0 Å². The number of aromatic amines is 1. The zero-order valence-corrected chi connectivity index (χ0v) is 9.58. The predicted molar refractivity (Wildman–Crippen MR) is 57.6 cm³/mol. The summed E-state index contributed by atoms with van der Waals surface area (Å²) in [4.78, 5) is 27.2. The molecule has 0 aliphatic carbocycles. The van der Waals surface area contributed by atoms with Gasteiger partial charge in [-0.2, -0.15) is 4.98 Å². The summed E-state index contributed by atoms with van der Waals surface area (Å²) in [5.41, 5.74) is 0. The molecule has 1 aromatic heterocycles. The first kappa shape index (κ1) is 12.5. The highest BCUT2D eigenvalue weighted by Gasteiger charge is 2.25. The highest BCUT2D eigenvalue weighted by Crippen LogP contribution is 2.31. The second-order valence-corrected chi connectivity index (χ2v) is 4.28. The monoisotopic (exact) mass is 245 g/mol. The van der Waals surface area contributed by atoms with E-state index < -0.39 is 16.1 Å². The number of nitro groups is 1. The molecule has 0 fully saturated rings. The van der Waals surface area contributed by atoms with Gasteiger partial charge >= 0.3 is 11.8 Å². The molecule has 7 nitrogen and oxygen atoms in total. The van der Waals surface area contributed by atoms with Crippen LogP contribution >= 0.6 is 11.8 Å². The molecular formula is C8H11N3O4S. The first-order chi connectivity index (χ1) is 7.45. The number of carboxylic acid groups (broad SMARTS) is 1. The van der Waals surface area contributed by atoms with E-state index >= 15 is 0 Å². The Labute approximate surface area is 95.4 Å². The van der Waals surface area contributed by atoms with Crippen LogP contribution in [0.3, 0.4) is 0 Å². The van der Waals surface area contributed by atoms with Crippen LogP contribution in [-0.2, 0) is 4.79 Å². The smallest absolute Gasteiger partial charge is 0.354 e. The molecule has 0 bridgehead atoms. The molecule has 1 aromatic rings. The van der Waals surface area contributed by atoms with E-state index in [9.17, 15) is 14.9 Å². The minimum absolute atomic E-state index is 0.122. The number of hydrogen-bond acceptors (Lipinski definition) is 5. The number of aromatic nitrogens is 2. The van der Waals surface area contributed by atoms with Crippen LogP contribution in [0.4, 0.5) is 5.82 Å². The maximum atomic E-state index is 10.8. The standard InChI is InChI=1S/C8H11N3O4S/c1-3-5(8(12)13)16-7-6(11(14)15)9-4(2)10-7/h5H,3H2,1-2H3,(H,9,10)(H,12,13). The molecule has 16 heavy (non-hydrogen) atoms. The van der Waals surface area contributed by atoms with Crippen molar-refractivity contribution >= 4 is 23.5 Å².